The molecule has 3 heteroatoms. The average molecular weight is 152 g/mol. The minimum Gasteiger partial charge on any atom is -0.354 e. The standard InChI is InChI=1S/C8H12N2O/c1-6-4-7(8(11)9-2)10(3)5-6/h4-5H,1-3H3,(H,9,11). The molecule has 0 aromatic carbocycles. The Labute approximate surface area is 66.0 Å². The molecule has 0 spiro atoms. The lowest BCUT2D eigenvalue weighted by Crippen LogP contribution is -2.20. The number of rotatable bonds is 1. The van der Waals surface area contributed by atoms with E-state index in [1.165, 1.54) is 0 Å². The first-order chi connectivity index (χ1) is 5.15. The molecule has 0 saturated carbocycles. The van der Waals surface area contributed by atoms with Crippen LogP contribution in [0.15, 0.2) is 12.3 Å². The van der Waals surface area contributed by atoms with E-state index in [0.717, 1.165) is 5.56 Å². The predicted molar refractivity (Wildman–Crippen MR) is 43.5 cm³/mol. The predicted octanol–water partition coefficient (Wildman–Crippen LogP) is 0.693. The summed E-state index contributed by atoms with van der Waals surface area (Å²) in [5.41, 5.74) is 1.80. The first-order valence-corrected chi connectivity index (χ1v) is 3.50. The van der Waals surface area contributed by atoms with E-state index in [1.54, 1.807) is 7.05 Å². The molecule has 0 aliphatic rings. The third-order valence-corrected chi connectivity index (χ3v) is 1.60. The molecule has 1 aromatic rings. The van der Waals surface area contributed by atoms with Gasteiger partial charge in [0.15, 0.2) is 0 Å². The van der Waals surface area contributed by atoms with Crippen LogP contribution < -0.4 is 5.32 Å². The molecule has 0 radical (unpaired) electrons. The maximum atomic E-state index is 11.1. The van der Waals surface area contributed by atoms with Crippen molar-refractivity contribution in [1.29, 1.82) is 0 Å². The molecule has 60 valence electrons. The summed E-state index contributed by atoms with van der Waals surface area (Å²) in [5, 5.41) is 2.58. The zero-order valence-electron chi connectivity index (χ0n) is 7.01. The minimum atomic E-state index is -0.0411. The van der Waals surface area contributed by atoms with E-state index in [9.17, 15) is 4.79 Å². The molecule has 0 bridgehead atoms. The SMILES string of the molecule is CNC(=O)c1cc(C)cn1C. The maximum Gasteiger partial charge on any atom is 0.267 e. The molecule has 3 nitrogen and oxygen atoms in total. The quantitative estimate of drug-likeness (QED) is 0.631. The van der Waals surface area contributed by atoms with Crippen molar-refractivity contribution in [2.45, 2.75) is 6.92 Å². The number of nitrogens with one attached hydrogen (secondary N) is 1. The van der Waals surface area contributed by atoms with Crippen LogP contribution >= 0.6 is 0 Å². The number of aromatic nitrogens is 1. The van der Waals surface area contributed by atoms with Crippen LogP contribution in [0.1, 0.15) is 16.1 Å². The van der Waals surface area contributed by atoms with E-state index in [4.69, 9.17) is 0 Å². The molecule has 0 fully saturated rings. The third-order valence-electron chi connectivity index (χ3n) is 1.60. The zero-order valence-corrected chi connectivity index (χ0v) is 7.01. The van der Waals surface area contributed by atoms with Gasteiger partial charge in [0, 0.05) is 20.3 Å². The highest BCUT2D eigenvalue weighted by molar-refractivity contribution is 5.92. The van der Waals surface area contributed by atoms with Crippen molar-refractivity contribution in [2.24, 2.45) is 7.05 Å². The molecule has 0 unspecified atom stereocenters. The van der Waals surface area contributed by atoms with Gasteiger partial charge >= 0.3 is 0 Å². The van der Waals surface area contributed by atoms with Gasteiger partial charge < -0.3 is 9.88 Å². The highest BCUT2D eigenvalue weighted by Crippen LogP contribution is 2.04. The molecule has 0 aliphatic carbocycles. The summed E-state index contributed by atoms with van der Waals surface area (Å²) in [6.45, 7) is 1.96. The van der Waals surface area contributed by atoms with Gasteiger partial charge in [-0.2, -0.15) is 0 Å². The lowest BCUT2D eigenvalue weighted by molar-refractivity contribution is 0.0955. The normalized spacial score (nSPS) is 9.73. The van der Waals surface area contributed by atoms with Gasteiger partial charge in [-0.1, -0.05) is 0 Å². The topological polar surface area (TPSA) is 34.0 Å². The molecule has 1 aromatic heterocycles. The van der Waals surface area contributed by atoms with Crippen molar-refractivity contribution in [3.05, 3.63) is 23.5 Å². The number of hydrogen-bond donors (Lipinski definition) is 1. The molecule has 11 heavy (non-hydrogen) atoms. The van der Waals surface area contributed by atoms with Crippen LogP contribution in [0.2, 0.25) is 0 Å². The number of carbonyl (C=O) groups is 1. The smallest absolute Gasteiger partial charge is 0.267 e. The van der Waals surface area contributed by atoms with Gasteiger partial charge in [-0.15, -0.1) is 0 Å². The van der Waals surface area contributed by atoms with Gasteiger partial charge in [-0.3, -0.25) is 4.79 Å². The Kier molecular flexibility index (Phi) is 1.98. The van der Waals surface area contributed by atoms with Gasteiger partial charge in [0.1, 0.15) is 5.69 Å². The summed E-state index contributed by atoms with van der Waals surface area (Å²) in [7, 11) is 3.49. The lowest BCUT2D eigenvalue weighted by Gasteiger charge is -1.99. The summed E-state index contributed by atoms with van der Waals surface area (Å²) in [6.07, 6.45) is 1.92. The van der Waals surface area contributed by atoms with E-state index in [1.807, 2.05) is 30.8 Å². The molecular formula is C8H12N2O. The summed E-state index contributed by atoms with van der Waals surface area (Å²) in [4.78, 5) is 11.1. The van der Waals surface area contributed by atoms with Gasteiger partial charge in [0.2, 0.25) is 0 Å². The number of nitrogens with zero attached hydrogens (tertiary/aromatic N) is 1. The Bertz CT molecular complexity index is 276. The first kappa shape index (κ1) is 7.85. The fourth-order valence-corrected chi connectivity index (χ4v) is 1.08. The zero-order chi connectivity index (χ0) is 8.43. The number of carbonyl (C=O) groups excluding carboxylic acids is 1. The number of hydrogen-bond acceptors (Lipinski definition) is 1. The third kappa shape index (κ3) is 1.42. The van der Waals surface area contributed by atoms with Crippen LogP contribution in [0, 0.1) is 6.92 Å². The van der Waals surface area contributed by atoms with E-state index >= 15 is 0 Å². The Hall–Kier alpha value is -1.25. The Morgan fingerprint density at radius 2 is 2.27 bits per heavy atom. The van der Waals surface area contributed by atoms with Gasteiger partial charge in [0.25, 0.3) is 5.91 Å². The lowest BCUT2D eigenvalue weighted by atomic mass is 10.3. The maximum absolute atomic E-state index is 11.1. The molecule has 1 N–H and O–H groups in total. The fraction of sp³-hybridized carbons (Fsp3) is 0.375. The highest BCUT2D eigenvalue weighted by Gasteiger charge is 2.06. The van der Waals surface area contributed by atoms with E-state index < -0.39 is 0 Å². The van der Waals surface area contributed by atoms with Crippen molar-refractivity contribution in [1.82, 2.24) is 9.88 Å². The van der Waals surface area contributed by atoms with Crippen LogP contribution in [0.5, 0.6) is 0 Å². The molecule has 0 aliphatic heterocycles. The van der Waals surface area contributed by atoms with Gasteiger partial charge in [-0.25, -0.2) is 0 Å². The minimum absolute atomic E-state index is 0.0411. The van der Waals surface area contributed by atoms with E-state index in [-0.39, 0.29) is 5.91 Å². The highest BCUT2D eigenvalue weighted by atomic mass is 16.1. The first-order valence-electron chi connectivity index (χ1n) is 3.50. The summed E-state index contributed by atoms with van der Waals surface area (Å²) < 4.78 is 1.81. The second-order valence-corrected chi connectivity index (χ2v) is 2.59. The number of amides is 1. The summed E-state index contributed by atoms with van der Waals surface area (Å²) in [6, 6.07) is 1.86. The number of aryl methyl sites for hydroxylation is 2. The fourth-order valence-electron chi connectivity index (χ4n) is 1.08. The summed E-state index contributed by atoms with van der Waals surface area (Å²) >= 11 is 0. The molecule has 0 atom stereocenters. The van der Waals surface area contributed by atoms with Crippen LogP contribution in [-0.2, 0) is 7.05 Å². The van der Waals surface area contributed by atoms with Crippen molar-refractivity contribution in [3.8, 4) is 0 Å². The Morgan fingerprint density at radius 3 is 2.64 bits per heavy atom. The molecular weight excluding hydrogens is 140 g/mol. The van der Waals surface area contributed by atoms with E-state index in [0.29, 0.717) is 5.69 Å². The second-order valence-electron chi connectivity index (χ2n) is 2.59. The van der Waals surface area contributed by atoms with Crippen molar-refractivity contribution < 1.29 is 4.79 Å². The largest absolute Gasteiger partial charge is 0.354 e. The van der Waals surface area contributed by atoms with Gasteiger partial charge in [-0.05, 0) is 18.6 Å². The summed E-state index contributed by atoms with van der Waals surface area (Å²) in [5.74, 6) is -0.0411. The van der Waals surface area contributed by atoms with E-state index in [2.05, 4.69) is 5.32 Å². The Balaban J connectivity index is 3.03. The molecule has 1 rings (SSSR count). The Morgan fingerprint density at radius 1 is 1.64 bits per heavy atom. The molecule has 0 saturated heterocycles. The van der Waals surface area contributed by atoms with Crippen LogP contribution in [-0.4, -0.2) is 17.5 Å². The van der Waals surface area contributed by atoms with Crippen molar-refractivity contribution in [3.63, 3.8) is 0 Å². The van der Waals surface area contributed by atoms with Crippen molar-refractivity contribution >= 4 is 5.91 Å². The van der Waals surface area contributed by atoms with Crippen LogP contribution in [0.3, 0.4) is 0 Å². The van der Waals surface area contributed by atoms with Crippen molar-refractivity contribution in [2.75, 3.05) is 7.05 Å². The molecule has 1 amide bonds. The monoisotopic (exact) mass is 152 g/mol. The average Bonchev–Trinajstić information content (AvgIpc) is 2.28. The van der Waals surface area contributed by atoms with Crippen LogP contribution in [0.25, 0.3) is 0 Å². The molecule has 1 heterocycles. The second kappa shape index (κ2) is 2.78. The van der Waals surface area contributed by atoms with Crippen LogP contribution in [0.4, 0.5) is 0 Å². The van der Waals surface area contributed by atoms with Gasteiger partial charge in [0.05, 0.1) is 0 Å².